The Morgan fingerprint density at radius 1 is 1.07 bits per heavy atom. The predicted octanol–water partition coefficient (Wildman–Crippen LogP) is 3.03. The minimum absolute atomic E-state index is 0.0103. The van der Waals surface area contributed by atoms with E-state index in [1.54, 1.807) is 9.80 Å². The Balaban J connectivity index is 1.07. The zero-order valence-corrected chi connectivity index (χ0v) is 23.1. The fourth-order valence-corrected chi connectivity index (χ4v) is 5.50. The summed E-state index contributed by atoms with van der Waals surface area (Å²) in [7, 11) is 0. The molecule has 0 atom stereocenters. The molecule has 1 saturated carbocycles. The number of aromatic amines is 2. The number of rotatable bonds is 7. The molecule has 3 aromatic rings. The largest absolute Gasteiger partial charge is 0.435 e. The molecule has 2 aromatic heterocycles. The maximum absolute atomic E-state index is 13.5. The van der Waals surface area contributed by atoms with Gasteiger partial charge in [-0.2, -0.15) is 18.3 Å². The van der Waals surface area contributed by atoms with Crippen molar-refractivity contribution in [2.45, 2.75) is 31.4 Å². The molecule has 0 bridgehead atoms. The second-order valence-electron chi connectivity index (χ2n) is 10.8. The number of anilines is 1. The molecule has 3 fully saturated rings. The minimum atomic E-state index is -4.60. The van der Waals surface area contributed by atoms with E-state index < -0.39 is 17.8 Å². The number of piperazine rings is 1. The summed E-state index contributed by atoms with van der Waals surface area (Å²) in [6, 6.07) is 4.50. The van der Waals surface area contributed by atoms with Gasteiger partial charge in [-0.05, 0) is 31.0 Å². The number of nitrogens with one attached hydrogen (secondary N) is 4. The maximum Gasteiger partial charge on any atom is 0.435 e. The summed E-state index contributed by atoms with van der Waals surface area (Å²) in [6.07, 6.45) is -1.80. The molecular formula is C27H28ClF3N8O3. The van der Waals surface area contributed by atoms with E-state index in [2.05, 4.69) is 30.8 Å². The van der Waals surface area contributed by atoms with Gasteiger partial charge in [0.05, 0.1) is 16.5 Å². The van der Waals surface area contributed by atoms with Gasteiger partial charge in [0.15, 0.2) is 11.5 Å². The number of carbonyl (C=O) groups is 3. The number of H-pyrrole nitrogens is 2. The molecule has 1 aromatic carbocycles. The van der Waals surface area contributed by atoms with Gasteiger partial charge in [-0.3, -0.25) is 19.5 Å². The molecule has 6 rings (SSSR count). The Kier molecular flexibility index (Phi) is 7.43. The summed E-state index contributed by atoms with van der Waals surface area (Å²) in [6.45, 7) is 3.08. The number of halogens is 4. The normalized spacial score (nSPS) is 17.7. The van der Waals surface area contributed by atoms with Crippen molar-refractivity contribution >= 4 is 35.0 Å². The molecular weight excluding hydrogens is 577 g/mol. The van der Waals surface area contributed by atoms with Gasteiger partial charge >= 0.3 is 6.18 Å². The first-order chi connectivity index (χ1) is 20.1. The van der Waals surface area contributed by atoms with Crippen LogP contribution in [-0.4, -0.2) is 87.0 Å². The van der Waals surface area contributed by atoms with Crippen LogP contribution in [0.2, 0.25) is 5.02 Å². The van der Waals surface area contributed by atoms with Crippen molar-refractivity contribution in [1.29, 1.82) is 0 Å². The first kappa shape index (κ1) is 28.2. The highest BCUT2D eigenvalue weighted by Gasteiger charge is 2.41. The van der Waals surface area contributed by atoms with Gasteiger partial charge in [-0.1, -0.05) is 11.6 Å². The van der Waals surface area contributed by atoms with Crippen LogP contribution in [0.15, 0.2) is 24.4 Å². The smallest absolute Gasteiger partial charge is 0.339 e. The van der Waals surface area contributed by atoms with Crippen molar-refractivity contribution in [3.05, 3.63) is 63.5 Å². The van der Waals surface area contributed by atoms with E-state index in [1.165, 1.54) is 24.4 Å². The predicted molar refractivity (Wildman–Crippen MR) is 145 cm³/mol. The van der Waals surface area contributed by atoms with Gasteiger partial charge in [0.2, 0.25) is 5.91 Å². The van der Waals surface area contributed by atoms with Crippen LogP contribution >= 0.6 is 11.6 Å². The topological polar surface area (TPSA) is 139 Å². The molecule has 4 N–H and O–H groups in total. The average Bonchev–Trinajstić information content (AvgIpc) is 3.49. The Morgan fingerprint density at radius 2 is 1.79 bits per heavy atom. The standard InChI is InChI=1S/C27H28ClF3N8O3/c28-20-10-16(3-4-18(20)26(42)39-7-5-38(6-8-39)25(41)15-11-32-12-15)35-24(40)23-33-13-17(34-23)9-19-21(14-1-2-14)36-37-22(19)27(29,30)31/h3-4,10,13-15,32H,1-2,5-9,11-12H2,(H,33,34)(H,35,40)(H,36,37). The maximum atomic E-state index is 13.5. The molecule has 0 radical (unpaired) electrons. The molecule has 0 unspecified atom stereocenters. The lowest BCUT2D eigenvalue weighted by Crippen LogP contribution is -2.57. The van der Waals surface area contributed by atoms with E-state index in [4.69, 9.17) is 11.6 Å². The van der Waals surface area contributed by atoms with Gasteiger partial charge in [0.25, 0.3) is 11.8 Å². The Morgan fingerprint density at radius 3 is 2.40 bits per heavy atom. The lowest BCUT2D eigenvalue weighted by atomic mass is 10.0. The van der Waals surface area contributed by atoms with Crippen molar-refractivity contribution in [3.63, 3.8) is 0 Å². The van der Waals surface area contributed by atoms with Gasteiger partial charge in [-0.25, -0.2) is 4.98 Å². The number of hydrogen-bond donors (Lipinski definition) is 4. The number of aromatic nitrogens is 4. The third-order valence-electron chi connectivity index (χ3n) is 7.83. The molecule has 3 amide bonds. The van der Waals surface area contributed by atoms with E-state index >= 15 is 0 Å². The molecule has 3 aliphatic rings. The molecule has 4 heterocycles. The summed E-state index contributed by atoms with van der Waals surface area (Å²) >= 11 is 6.41. The third kappa shape index (κ3) is 5.73. The van der Waals surface area contributed by atoms with Gasteiger partial charge in [-0.15, -0.1) is 0 Å². The molecule has 15 heteroatoms. The van der Waals surface area contributed by atoms with Crippen molar-refractivity contribution in [1.82, 2.24) is 35.3 Å². The van der Waals surface area contributed by atoms with E-state index in [9.17, 15) is 27.6 Å². The molecule has 2 saturated heterocycles. The van der Waals surface area contributed by atoms with Crippen LogP contribution < -0.4 is 10.6 Å². The molecule has 1 aliphatic carbocycles. The molecule has 0 spiro atoms. The Labute approximate surface area is 243 Å². The second-order valence-corrected chi connectivity index (χ2v) is 11.2. The molecule has 222 valence electrons. The number of carbonyl (C=O) groups excluding carboxylic acids is 3. The van der Waals surface area contributed by atoms with E-state index in [-0.39, 0.29) is 52.0 Å². The van der Waals surface area contributed by atoms with Crippen molar-refractivity contribution in [3.8, 4) is 0 Å². The molecule has 42 heavy (non-hydrogen) atoms. The number of alkyl halides is 3. The quantitative estimate of drug-likeness (QED) is 0.327. The summed E-state index contributed by atoms with van der Waals surface area (Å²) in [5, 5.41) is 11.9. The summed E-state index contributed by atoms with van der Waals surface area (Å²) < 4.78 is 40.5. The Hall–Kier alpha value is -3.91. The number of nitrogens with zero attached hydrogens (tertiary/aromatic N) is 4. The molecule has 11 nitrogen and oxygen atoms in total. The van der Waals surface area contributed by atoms with Crippen LogP contribution in [0.1, 0.15) is 62.4 Å². The van der Waals surface area contributed by atoms with E-state index in [0.717, 1.165) is 12.8 Å². The Bertz CT molecular complexity index is 1520. The zero-order chi connectivity index (χ0) is 29.6. The third-order valence-corrected chi connectivity index (χ3v) is 8.14. The number of amides is 3. The zero-order valence-electron chi connectivity index (χ0n) is 22.4. The van der Waals surface area contributed by atoms with Crippen LogP contribution in [-0.2, 0) is 17.4 Å². The summed E-state index contributed by atoms with van der Waals surface area (Å²) in [5.41, 5.74) is 0.472. The first-order valence-corrected chi connectivity index (χ1v) is 14.0. The lowest BCUT2D eigenvalue weighted by molar-refractivity contribution is -0.141. The number of imidazole rings is 1. The monoisotopic (exact) mass is 604 g/mol. The van der Waals surface area contributed by atoms with Gasteiger partial charge in [0, 0.05) is 80.4 Å². The minimum Gasteiger partial charge on any atom is -0.339 e. The average molecular weight is 605 g/mol. The fraction of sp³-hybridized carbons (Fsp3) is 0.444. The molecule has 2 aliphatic heterocycles. The highest BCUT2D eigenvalue weighted by atomic mass is 35.5. The van der Waals surface area contributed by atoms with E-state index in [1.807, 2.05) is 0 Å². The van der Waals surface area contributed by atoms with E-state index in [0.29, 0.717) is 56.3 Å². The van der Waals surface area contributed by atoms with Crippen LogP contribution in [0, 0.1) is 5.92 Å². The van der Waals surface area contributed by atoms with Crippen molar-refractivity contribution in [2.24, 2.45) is 5.92 Å². The first-order valence-electron chi connectivity index (χ1n) is 13.7. The van der Waals surface area contributed by atoms with Crippen LogP contribution in [0.5, 0.6) is 0 Å². The van der Waals surface area contributed by atoms with Crippen molar-refractivity contribution < 1.29 is 27.6 Å². The fourth-order valence-electron chi connectivity index (χ4n) is 5.23. The van der Waals surface area contributed by atoms with Crippen LogP contribution in [0.4, 0.5) is 18.9 Å². The summed E-state index contributed by atoms with van der Waals surface area (Å²) in [4.78, 5) is 48.6. The second kappa shape index (κ2) is 11.1. The van der Waals surface area contributed by atoms with Gasteiger partial charge < -0.3 is 25.4 Å². The van der Waals surface area contributed by atoms with Crippen molar-refractivity contribution in [2.75, 3.05) is 44.6 Å². The summed E-state index contributed by atoms with van der Waals surface area (Å²) in [5.74, 6) is -0.832. The number of hydrogen-bond acceptors (Lipinski definition) is 6. The lowest BCUT2D eigenvalue weighted by Gasteiger charge is -2.38. The number of benzene rings is 1. The van der Waals surface area contributed by atoms with Gasteiger partial charge in [0.1, 0.15) is 0 Å². The highest BCUT2D eigenvalue weighted by molar-refractivity contribution is 6.34. The van der Waals surface area contributed by atoms with Crippen LogP contribution in [0.25, 0.3) is 0 Å². The highest BCUT2D eigenvalue weighted by Crippen LogP contribution is 2.44. The van der Waals surface area contributed by atoms with Crippen LogP contribution in [0.3, 0.4) is 0 Å². The SMILES string of the molecule is O=C(Nc1ccc(C(=O)N2CCN(C(=O)C3CNC3)CC2)c(Cl)c1)c1ncc(Cc2c(C(F)(F)F)n[nH]c2C2CC2)[nH]1.